The molecule has 4 rings (SSSR count). The van der Waals surface area contributed by atoms with Gasteiger partial charge >= 0.3 is 5.97 Å². The maximum atomic E-state index is 12.6. The fourth-order valence-electron chi connectivity index (χ4n) is 3.88. The van der Waals surface area contributed by atoms with E-state index in [1.807, 2.05) is 0 Å². The average Bonchev–Trinajstić information content (AvgIpc) is 3.37. The summed E-state index contributed by atoms with van der Waals surface area (Å²) >= 11 is 0. The number of carbonyl (C=O) groups is 2. The van der Waals surface area contributed by atoms with Crippen LogP contribution in [0.15, 0.2) is 39.8 Å². The van der Waals surface area contributed by atoms with E-state index >= 15 is 0 Å². The number of amides is 1. The van der Waals surface area contributed by atoms with Crippen molar-refractivity contribution in [2.75, 3.05) is 10.0 Å². The smallest absolute Gasteiger partial charge is 0.310 e. The summed E-state index contributed by atoms with van der Waals surface area (Å²) in [5.74, 6) is -2.61. The normalized spacial score (nSPS) is 25.7. The number of ether oxygens (including phenoxy) is 1. The Morgan fingerprint density at radius 1 is 1.14 bits per heavy atom. The Hall–Kier alpha value is -2.92. The van der Waals surface area contributed by atoms with E-state index in [2.05, 4.69) is 15.2 Å². The summed E-state index contributed by atoms with van der Waals surface area (Å²) in [6.45, 7) is 1.64. The van der Waals surface area contributed by atoms with Crippen molar-refractivity contribution in [3.05, 3.63) is 36.1 Å². The van der Waals surface area contributed by atoms with E-state index in [9.17, 15) is 23.1 Å². The quantitative estimate of drug-likeness (QED) is 0.637. The summed E-state index contributed by atoms with van der Waals surface area (Å²) < 4.78 is 37.5. The van der Waals surface area contributed by atoms with Gasteiger partial charge in [-0.25, -0.2) is 8.42 Å². The first-order valence-electron chi connectivity index (χ1n) is 9.00. The lowest BCUT2D eigenvalue weighted by Gasteiger charge is -2.23. The number of nitrogens with zero attached hydrogens (tertiary/aromatic N) is 1. The summed E-state index contributed by atoms with van der Waals surface area (Å²) in [5.41, 5.74) is 0.359. The molecule has 11 heteroatoms. The number of aliphatic carboxylic acids is 1. The van der Waals surface area contributed by atoms with E-state index in [4.69, 9.17) is 9.26 Å². The van der Waals surface area contributed by atoms with Gasteiger partial charge in [-0.2, -0.15) is 0 Å². The Morgan fingerprint density at radius 2 is 1.79 bits per heavy atom. The molecule has 1 aromatic heterocycles. The summed E-state index contributed by atoms with van der Waals surface area (Å²) in [7, 11) is -3.87. The van der Waals surface area contributed by atoms with E-state index in [-0.39, 0.29) is 10.7 Å². The SMILES string of the molecule is Cc1cc(NS(=O)(=O)c2ccc(NC(=O)[C@@H]3[C@@H](C(=O)O)[C@H]4CC[C@H]3O4)cc2)no1. The summed E-state index contributed by atoms with van der Waals surface area (Å²) in [5, 5.41) is 15.7. The molecule has 0 radical (unpaired) electrons. The van der Waals surface area contributed by atoms with Crippen molar-refractivity contribution in [2.24, 2.45) is 11.8 Å². The fourth-order valence-corrected chi connectivity index (χ4v) is 4.86. The zero-order chi connectivity index (χ0) is 20.8. The minimum atomic E-state index is -3.87. The van der Waals surface area contributed by atoms with Gasteiger partial charge in [-0.1, -0.05) is 5.16 Å². The van der Waals surface area contributed by atoms with Crippen molar-refractivity contribution in [1.29, 1.82) is 0 Å². The maximum Gasteiger partial charge on any atom is 0.310 e. The van der Waals surface area contributed by atoms with Crippen LogP contribution in [0.25, 0.3) is 0 Å². The third kappa shape index (κ3) is 3.70. The van der Waals surface area contributed by atoms with Crippen LogP contribution >= 0.6 is 0 Å². The Morgan fingerprint density at radius 3 is 2.38 bits per heavy atom. The molecule has 29 heavy (non-hydrogen) atoms. The second-order valence-corrected chi connectivity index (χ2v) is 8.80. The Kier molecular flexibility index (Phi) is 4.79. The average molecular weight is 421 g/mol. The largest absolute Gasteiger partial charge is 0.481 e. The number of nitrogens with one attached hydrogen (secondary N) is 2. The third-order valence-corrected chi connectivity index (χ3v) is 6.53. The number of anilines is 2. The van der Waals surface area contributed by atoms with Gasteiger partial charge in [0, 0.05) is 11.8 Å². The number of hydrogen-bond donors (Lipinski definition) is 3. The number of carboxylic acids is 1. The molecule has 154 valence electrons. The number of sulfonamides is 1. The van der Waals surface area contributed by atoms with Crippen LogP contribution < -0.4 is 10.0 Å². The van der Waals surface area contributed by atoms with Gasteiger partial charge in [-0.05, 0) is 44.0 Å². The first-order chi connectivity index (χ1) is 13.7. The molecule has 3 N–H and O–H groups in total. The second-order valence-electron chi connectivity index (χ2n) is 7.12. The molecule has 0 unspecified atom stereocenters. The molecule has 0 spiro atoms. The molecular formula is C18H19N3O7S. The van der Waals surface area contributed by atoms with Crippen molar-refractivity contribution in [3.63, 3.8) is 0 Å². The summed E-state index contributed by atoms with van der Waals surface area (Å²) in [4.78, 5) is 24.1. The van der Waals surface area contributed by atoms with Crippen molar-refractivity contribution in [2.45, 2.75) is 36.9 Å². The molecule has 3 heterocycles. The Bertz CT molecular complexity index is 1050. The van der Waals surface area contributed by atoms with Crippen LogP contribution in [0.1, 0.15) is 18.6 Å². The predicted octanol–water partition coefficient (Wildman–Crippen LogP) is 1.60. The lowest BCUT2D eigenvalue weighted by Crippen LogP contribution is -2.40. The van der Waals surface area contributed by atoms with E-state index in [1.54, 1.807) is 6.92 Å². The third-order valence-electron chi connectivity index (χ3n) is 5.16. The highest BCUT2D eigenvalue weighted by Gasteiger charge is 2.55. The van der Waals surface area contributed by atoms with E-state index in [0.717, 1.165) is 0 Å². The second kappa shape index (κ2) is 7.16. The molecule has 2 aliphatic heterocycles. The van der Waals surface area contributed by atoms with Crippen LogP contribution in [-0.4, -0.2) is 42.8 Å². The van der Waals surface area contributed by atoms with Gasteiger partial charge in [-0.3, -0.25) is 14.3 Å². The van der Waals surface area contributed by atoms with Gasteiger partial charge < -0.3 is 19.7 Å². The lowest BCUT2D eigenvalue weighted by molar-refractivity contribution is -0.147. The Labute approximate surface area is 166 Å². The van der Waals surface area contributed by atoms with Crippen molar-refractivity contribution in [3.8, 4) is 0 Å². The van der Waals surface area contributed by atoms with Gasteiger partial charge in [0.2, 0.25) is 5.91 Å². The molecule has 2 aromatic rings. The van der Waals surface area contributed by atoms with Gasteiger partial charge in [0.1, 0.15) is 5.76 Å². The number of aryl methyl sites for hydroxylation is 1. The molecule has 4 atom stereocenters. The lowest BCUT2D eigenvalue weighted by atomic mass is 9.78. The van der Waals surface area contributed by atoms with Gasteiger partial charge in [0.15, 0.2) is 5.82 Å². The molecular weight excluding hydrogens is 402 g/mol. The van der Waals surface area contributed by atoms with Crippen LogP contribution in [0.2, 0.25) is 0 Å². The van der Waals surface area contributed by atoms with Crippen LogP contribution in [0, 0.1) is 18.8 Å². The first kappa shape index (κ1) is 19.4. The maximum absolute atomic E-state index is 12.6. The van der Waals surface area contributed by atoms with Gasteiger partial charge in [0.05, 0.1) is 28.9 Å². The van der Waals surface area contributed by atoms with E-state index in [1.165, 1.54) is 30.3 Å². The molecule has 2 aliphatic rings. The molecule has 10 nitrogen and oxygen atoms in total. The molecule has 1 aromatic carbocycles. The zero-order valence-corrected chi connectivity index (χ0v) is 16.2. The van der Waals surface area contributed by atoms with Crippen LogP contribution in [0.4, 0.5) is 11.5 Å². The molecule has 0 saturated carbocycles. The Balaban J connectivity index is 1.45. The minimum absolute atomic E-state index is 0.0252. The van der Waals surface area contributed by atoms with Crippen LogP contribution in [0.3, 0.4) is 0 Å². The predicted molar refractivity (Wildman–Crippen MR) is 99.6 cm³/mol. The van der Waals surface area contributed by atoms with Crippen molar-refractivity contribution < 1.29 is 32.4 Å². The number of fused-ring (bicyclic) bond motifs is 2. The molecule has 0 aliphatic carbocycles. The van der Waals surface area contributed by atoms with Crippen molar-refractivity contribution >= 4 is 33.4 Å². The minimum Gasteiger partial charge on any atom is -0.481 e. The van der Waals surface area contributed by atoms with Crippen LogP contribution in [-0.2, 0) is 24.3 Å². The van der Waals surface area contributed by atoms with Gasteiger partial charge in [0.25, 0.3) is 10.0 Å². The molecule has 2 saturated heterocycles. The monoisotopic (exact) mass is 421 g/mol. The highest BCUT2D eigenvalue weighted by Crippen LogP contribution is 2.44. The number of rotatable bonds is 6. The van der Waals surface area contributed by atoms with Gasteiger partial charge in [-0.15, -0.1) is 0 Å². The standard InChI is InChI=1S/C18H19N3O7S/c1-9-8-14(20-28-9)21-29(25,26)11-4-2-10(3-5-11)19-17(22)15-12-6-7-13(27-12)16(15)18(23)24/h2-5,8,12-13,15-16H,6-7H2,1H3,(H,19,22)(H,20,21)(H,23,24)/t12-,13-,15+,16+/m1/s1. The number of carboxylic acid groups (broad SMARTS) is 1. The number of aromatic nitrogens is 1. The van der Waals surface area contributed by atoms with Crippen molar-refractivity contribution in [1.82, 2.24) is 5.16 Å². The summed E-state index contributed by atoms with van der Waals surface area (Å²) in [6, 6.07) is 6.98. The fraction of sp³-hybridized carbons (Fsp3) is 0.389. The molecule has 2 bridgehead atoms. The van der Waals surface area contributed by atoms with E-state index in [0.29, 0.717) is 24.3 Å². The zero-order valence-electron chi connectivity index (χ0n) is 15.4. The highest BCUT2D eigenvalue weighted by atomic mass is 32.2. The highest BCUT2D eigenvalue weighted by molar-refractivity contribution is 7.92. The first-order valence-corrected chi connectivity index (χ1v) is 10.5. The number of benzene rings is 1. The topological polar surface area (TPSA) is 148 Å². The number of carbonyl (C=O) groups excluding carboxylic acids is 1. The van der Waals surface area contributed by atoms with E-state index < -0.39 is 45.9 Å². The van der Waals surface area contributed by atoms with Crippen LogP contribution in [0.5, 0.6) is 0 Å². The summed E-state index contributed by atoms with van der Waals surface area (Å²) in [6.07, 6.45) is 0.440. The number of hydrogen-bond acceptors (Lipinski definition) is 7. The molecule has 1 amide bonds. The molecule has 2 fully saturated rings.